The van der Waals surface area contributed by atoms with E-state index in [0.717, 1.165) is 25.7 Å². The Morgan fingerprint density at radius 3 is 2.74 bits per heavy atom. The van der Waals surface area contributed by atoms with Crippen molar-refractivity contribution in [1.82, 2.24) is 19.8 Å². The number of rotatable bonds is 5. The predicted octanol–water partition coefficient (Wildman–Crippen LogP) is 4.40. The van der Waals surface area contributed by atoms with Crippen LogP contribution < -0.4 is 5.56 Å². The molecule has 0 radical (unpaired) electrons. The van der Waals surface area contributed by atoms with Gasteiger partial charge in [-0.15, -0.1) is 0 Å². The molecule has 1 N–H and O–H groups in total. The zero-order valence-corrected chi connectivity index (χ0v) is 20.5. The van der Waals surface area contributed by atoms with E-state index in [9.17, 15) is 14.4 Å². The number of carbonyl (C=O) groups excluding carboxylic acids is 2. The van der Waals surface area contributed by atoms with E-state index in [4.69, 9.17) is 11.6 Å². The third-order valence-corrected chi connectivity index (χ3v) is 7.61. The van der Waals surface area contributed by atoms with Crippen molar-refractivity contribution in [2.75, 3.05) is 6.54 Å². The molecule has 8 heteroatoms. The summed E-state index contributed by atoms with van der Waals surface area (Å²) >= 11 is 6.17. The Labute approximate surface area is 209 Å². The maximum atomic E-state index is 13.9. The van der Waals surface area contributed by atoms with E-state index >= 15 is 0 Å². The van der Waals surface area contributed by atoms with Crippen LogP contribution in [-0.2, 0) is 11.3 Å². The van der Waals surface area contributed by atoms with Gasteiger partial charge in [0.1, 0.15) is 11.9 Å². The van der Waals surface area contributed by atoms with Gasteiger partial charge in [-0.2, -0.15) is 0 Å². The molecule has 0 spiro atoms. The molecule has 1 aliphatic heterocycles. The van der Waals surface area contributed by atoms with Crippen molar-refractivity contribution in [2.45, 2.75) is 57.7 Å². The van der Waals surface area contributed by atoms with Crippen molar-refractivity contribution in [3.8, 4) is 0 Å². The molecule has 1 aromatic heterocycles. The zero-order chi connectivity index (χ0) is 24.5. The van der Waals surface area contributed by atoms with Gasteiger partial charge in [-0.3, -0.25) is 14.4 Å². The molecule has 3 aromatic rings. The first-order valence-electron chi connectivity index (χ1n) is 12.3. The number of hydrogen-bond donors (Lipinski definition) is 1. The molecule has 1 aliphatic carbocycles. The summed E-state index contributed by atoms with van der Waals surface area (Å²) in [4.78, 5) is 51.0. The number of aromatic nitrogens is 2. The average Bonchev–Trinajstić information content (AvgIpc) is 3.26. The maximum absolute atomic E-state index is 13.9. The van der Waals surface area contributed by atoms with Gasteiger partial charge >= 0.3 is 0 Å². The molecule has 1 saturated carbocycles. The van der Waals surface area contributed by atoms with E-state index in [0.29, 0.717) is 46.2 Å². The van der Waals surface area contributed by atoms with Crippen molar-refractivity contribution in [2.24, 2.45) is 5.92 Å². The fourth-order valence-corrected chi connectivity index (χ4v) is 5.88. The summed E-state index contributed by atoms with van der Waals surface area (Å²) in [6.07, 6.45) is 4.78. The largest absolute Gasteiger partial charge is 0.334 e. The third kappa shape index (κ3) is 4.57. The molecule has 2 fully saturated rings. The fraction of sp³-hybridized carbons (Fsp3) is 0.407. The molecule has 3 unspecified atom stereocenters. The highest BCUT2D eigenvalue weighted by atomic mass is 35.5. The number of hydrogen-bond acceptors (Lipinski definition) is 4. The second-order valence-corrected chi connectivity index (χ2v) is 9.90. The number of carbonyl (C=O) groups is 2. The number of aromatic amines is 1. The molecule has 182 valence electrons. The smallest absolute Gasteiger partial charge is 0.258 e. The lowest BCUT2D eigenvalue weighted by molar-refractivity contribution is -0.136. The monoisotopic (exact) mass is 492 g/mol. The molecular formula is C27H29ClN4O3. The van der Waals surface area contributed by atoms with Gasteiger partial charge in [0.2, 0.25) is 5.91 Å². The maximum Gasteiger partial charge on any atom is 0.258 e. The van der Waals surface area contributed by atoms with Crippen LogP contribution >= 0.6 is 11.6 Å². The summed E-state index contributed by atoms with van der Waals surface area (Å²) < 4.78 is 0. The Balaban J connectivity index is 1.44. The lowest BCUT2D eigenvalue weighted by Gasteiger charge is -2.35. The van der Waals surface area contributed by atoms with Crippen LogP contribution in [0.15, 0.2) is 53.3 Å². The Morgan fingerprint density at radius 2 is 1.94 bits per heavy atom. The van der Waals surface area contributed by atoms with Crippen molar-refractivity contribution in [3.05, 3.63) is 75.3 Å². The van der Waals surface area contributed by atoms with Crippen molar-refractivity contribution in [3.63, 3.8) is 0 Å². The van der Waals surface area contributed by atoms with Crippen LogP contribution in [0.2, 0.25) is 5.02 Å². The Morgan fingerprint density at radius 1 is 1.14 bits per heavy atom. The molecule has 2 aliphatic rings. The first-order chi connectivity index (χ1) is 17.0. The summed E-state index contributed by atoms with van der Waals surface area (Å²) in [5, 5.41) is 1.02. The normalized spacial score (nSPS) is 21.7. The summed E-state index contributed by atoms with van der Waals surface area (Å²) in [6.45, 7) is 2.53. The molecule has 2 aromatic carbocycles. The molecule has 35 heavy (non-hydrogen) atoms. The molecule has 0 bridgehead atoms. The number of benzene rings is 2. The Kier molecular flexibility index (Phi) is 6.60. The molecule has 2 heterocycles. The predicted molar refractivity (Wildman–Crippen MR) is 135 cm³/mol. The number of para-hydroxylation sites is 1. The number of likely N-dealkylation sites (tertiary alicyclic amines) is 1. The van der Waals surface area contributed by atoms with Crippen LogP contribution in [-0.4, -0.2) is 50.2 Å². The van der Waals surface area contributed by atoms with E-state index in [1.807, 2.05) is 17.9 Å². The van der Waals surface area contributed by atoms with Crippen molar-refractivity contribution in [1.29, 1.82) is 0 Å². The third-order valence-electron chi connectivity index (χ3n) is 7.38. The minimum atomic E-state index is -0.540. The number of nitrogens with one attached hydrogen (secondary N) is 1. The van der Waals surface area contributed by atoms with Crippen LogP contribution in [0.3, 0.4) is 0 Å². The van der Waals surface area contributed by atoms with E-state index in [1.54, 1.807) is 47.4 Å². The van der Waals surface area contributed by atoms with Crippen LogP contribution in [0, 0.1) is 5.92 Å². The van der Waals surface area contributed by atoms with Crippen LogP contribution in [0.5, 0.6) is 0 Å². The number of H-pyrrole nitrogens is 1. The van der Waals surface area contributed by atoms with E-state index in [1.165, 1.54) is 0 Å². The highest BCUT2D eigenvalue weighted by Crippen LogP contribution is 2.41. The number of nitrogens with zero attached hydrogens (tertiary/aromatic N) is 3. The minimum Gasteiger partial charge on any atom is -0.334 e. The quantitative estimate of drug-likeness (QED) is 0.572. The second kappa shape index (κ2) is 9.82. The van der Waals surface area contributed by atoms with Gasteiger partial charge in [-0.25, -0.2) is 4.98 Å². The summed E-state index contributed by atoms with van der Waals surface area (Å²) in [5.41, 5.74) is 0.878. The minimum absolute atomic E-state index is 0.0569. The number of likely N-dealkylation sites (N-methyl/N-ethyl adjacent to an activating group) is 1. The van der Waals surface area contributed by atoms with Crippen LogP contribution in [0.25, 0.3) is 10.9 Å². The van der Waals surface area contributed by atoms with E-state index in [-0.39, 0.29) is 30.0 Å². The van der Waals surface area contributed by atoms with E-state index < -0.39 is 6.04 Å². The summed E-state index contributed by atoms with van der Waals surface area (Å²) in [5.74, 6) is 0.506. The van der Waals surface area contributed by atoms with Crippen molar-refractivity contribution >= 4 is 34.3 Å². The molecule has 7 nitrogen and oxygen atoms in total. The fourth-order valence-electron chi connectivity index (χ4n) is 5.69. The van der Waals surface area contributed by atoms with Gasteiger partial charge in [-0.05, 0) is 62.4 Å². The first-order valence-corrected chi connectivity index (χ1v) is 12.7. The molecular weight excluding hydrogens is 464 g/mol. The Hall–Kier alpha value is -3.19. The molecule has 5 rings (SSSR count). The highest BCUT2D eigenvalue weighted by molar-refractivity contribution is 6.31. The zero-order valence-electron chi connectivity index (χ0n) is 19.7. The topological polar surface area (TPSA) is 86.4 Å². The van der Waals surface area contributed by atoms with Gasteiger partial charge in [0.25, 0.3) is 11.5 Å². The lowest BCUT2D eigenvalue weighted by Crippen LogP contribution is -2.50. The molecule has 1 saturated heterocycles. The average molecular weight is 493 g/mol. The Bertz CT molecular complexity index is 1320. The highest BCUT2D eigenvalue weighted by Gasteiger charge is 2.48. The van der Waals surface area contributed by atoms with Gasteiger partial charge in [0.15, 0.2) is 0 Å². The summed E-state index contributed by atoms with van der Waals surface area (Å²) in [6, 6.07) is 13.6. The first kappa shape index (κ1) is 23.5. The summed E-state index contributed by atoms with van der Waals surface area (Å²) in [7, 11) is 0. The van der Waals surface area contributed by atoms with Gasteiger partial charge in [0, 0.05) is 23.2 Å². The van der Waals surface area contributed by atoms with Gasteiger partial charge < -0.3 is 14.8 Å². The number of amides is 2. The lowest BCUT2D eigenvalue weighted by atomic mass is 9.84. The SMILES string of the molecule is CCN(Cc1nc2ccccc2c(=O)[nH]1)C(=O)C1CC2CCCCC2N1C(=O)c1cccc(Cl)c1. The van der Waals surface area contributed by atoms with E-state index in [2.05, 4.69) is 9.97 Å². The van der Waals surface area contributed by atoms with Crippen molar-refractivity contribution < 1.29 is 9.59 Å². The second-order valence-electron chi connectivity index (χ2n) is 9.47. The number of fused-ring (bicyclic) bond motifs is 2. The van der Waals surface area contributed by atoms with Gasteiger partial charge in [-0.1, -0.05) is 42.6 Å². The standard InChI is InChI=1S/C27H29ClN4O3/c1-2-31(16-24-29-21-12-5-4-11-20(21)25(33)30-24)27(35)23-15-17-8-3-6-13-22(17)32(23)26(34)18-9-7-10-19(28)14-18/h4-5,7,9-12,14,17,22-23H,2-3,6,8,13,15-16H2,1H3,(H,29,30,33). The van der Waals surface area contributed by atoms with Crippen LogP contribution in [0.1, 0.15) is 55.2 Å². The molecule has 3 atom stereocenters. The number of halogens is 1. The van der Waals surface area contributed by atoms with Crippen LogP contribution in [0.4, 0.5) is 0 Å². The molecule has 2 amide bonds. The van der Waals surface area contributed by atoms with Gasteiger partial charge in [0.05, 0.1) is 17.4 Å².